The highest BCUT2D eigenvalue weighted by molar-refractivity contribution is 5.73. The van der Waals surface area contributed by atoms with E-state index in [1.807, 2.05) is 23.2 Å². The van der Waals surface area contributed by atoms with E-state index in [2.05, 4.69) is 4.98 Å². The quantitative estimate of drug-likeness (QED) is 0.838. The minimum atomic E-state index is 0.0396. The van der Waals surface area contributed by atoms with Crippen LogP contribution >= 0.6 is 0 Å². The number of hydrogen-bond donors (Lipinski definition) is 1. The number of hydrogen-bond acceptors (Lipinski definition) is 3. The third-order valence-electron chi connectivity index (χ3n) is 3.56. The maximum atomic E-state index is 11.2. The van der Waals surface area contributed by atoms with E-state index in [1.54, 1.807) is 13.1 Å². The van der Waals surface area contributed by atoms with Crippen molar-refractivity contribution in [3.63, 3.8) is 0 Å². The number of nitrogens with zero attached hydrogens (tertiary/aromatic N) is 2. The number of nitrogens with two attached hydrogens (primary N) is 1. The minimum absolute atomic E-state index is 0.0396. The van der Waals surface area contributed by atoms with Crippen LogP contribution in [-0.4, -0.2) is 28.9 Å². The summed E-state index contributed by atoms with van der Waals surface area (Å²) in [6, 6.07) is 3.98. The Hall–Kier alpha value is -1.42. The number of aromatic nitrogens is 1. The highest BCUT2D eigenvalue weighted by atomic mass is 16.2. The number of carbonyl (C=O) groups excluding carboxylic acids is 1. The fraction of sp³-hybridized carbons (Fsp3) is 0.538. The van der Waals surface area contributed by atoms with E-state index in [1.165, 1.54) is 0 Å². The van der Waals surface area contributed by atoms with Crippen LogP contribution in [-0.2, 0) is 4.79 Å². The van der Waals surface area contributed by atoms with Gasteiger partial charge in [0, 0.05) is 38.4 Å². The molecule has 1 saturated heterocycles. The minimum Gasteiger partial charge on any atom is -0.343 e. The predicted octanol–water partition coefficient (Wildman–Crippen LogP) is 1.34. The van der Waals surface area contributed by atoms with Crippen LogP contribution in [0.5, 0.6) is 0 Å². The van der Waals surface area contributed by atoms with Crippen LogP contribution in [0.3, 0.4) is 0 Å². The van der Waals surface area contributed by atoms with Gasteiger partial charge in [0.2, 0.25) is 5.91 Å². The molecular formula is C13H19N3O. The van der Waals surface area contributed by atoms with E-state index < -0.39 is 0 Å². The lowest BCUT2D eigenvalue weighted by Gasteiger charge is -2.34. The van der Waals surface area contributed by atoms with Crippen LogP contribution < -0.4 is 5.73 Å². The van der Waals surface area contributed by atoms with E-state index in [0.29, 0.717) is 5.92 Å². The van der Waals surface area contributed by atoms with Crippen molar-refractivity contribution in [3.8, 4) is 0 Å². The molecule has 92 valence electrons. The van der Waals surface area contributed by atoms with Crippen LogP contribution in [0.1, 0.15) is 31.4 Å². The second kappa shape index (κ2) is 5.27. The summed E-state index contributed by atoms with van der Waals surface area (Å²) >= 11 is 0. The Labute approximate surface area is 102 Å². The summed E-state index contributed by atoms with van der Waals surface area (Å²) in [6.07, 6.45) is 5.56. The number of piperidine rings is 1. The van der Waals surface area contributed by atoms with Crippen LogP contribution in [0.2, 0.25) is 0 Å². The van der Waals surface area contributed by atoms with E-state index >= 15 is 0 Å². The summed E-state index contributed by atoms with van der Waals surface area (Å²) in [5, 5.41) is 0. The third kappa shape index (κ3) is 2.82. The van der Waals surface area contributed by atoms with Crippen LogP contribution in [0.4, 0.5) is 0 Å². The highest BCUT2D eigenvalue weighted by Crippen LogP contribution is 2.28. The summed E-state index contributed by atoms with van der Waals surface area (Å²) in [6.45, 7) is 3.28. The summed E-state index contributed by atoms with van der Waals surface area (Å²) in [5.74, 6) is 0.619. The largest absolute Gasteiger partial charge is 0.343 e. The van der Waals surface area contributed by atoms with Gasteiger partial charge in [0.15, 0.2) is 0 Å². The first-order valence-electron chi connectivity index (χ1n) is 6.09. The van der Waals surface area contributed by atoms with Crippen molar-refractivity contribution in [2.75, 3.05) is 13.1 Å². The van der Waals surface area contributed by atoms with Crippen LogP contribution in [0.25, 0.3) is 0 Å². The average molecular weight is 233 g/mol. The van der Waals surface area contributed by atoms with Crippen molar-refractivity contribution in [2.45, 2.75) is 25.8 Å². The van der Waals surface area contributed by atoms with Gasteiger partial charge in [0.25, 0.3) is 0 Å². The molecule has 1 amide bonds. The topological polar surface area (TPSA) is 59.2 Å². The lowest BCUT2D eigenvalue weighted by molar-refractivity contribution is -0.130. The molecule has 4 heteroatoms. The Balaban J connectivity index is 1.95. The molecule has 1 aliphatic heterocycles. The molecule has 1 unspecified atom stereocenters. The van der Waals surface area contributed by atoms with Crippen LogP contribution in [0, 0.1) is 5.92 Å². The summed E-state index contributed by atoms with van der Waals surface area (Å²) in [7, 11) is 0. The average Bonchev–Trinajstić information content (AvgIpc) is 2.39. The molecule has 0 saturated carbocycles. The summed E-state index contributed by atoms with van der Waals surface area (Å²) in [5.41, 5.74) is 7.34. The molecule has 0 aromatic carbocycles. The molecule has 17 heavy (non-hydrogen) atoms. The Morgan fingerprint density at radius 2 is 2.24 bits per heavy atom. The molecule has 0 bridgehead atoms. The lowest BCUT2D eigenvalue weighted by atomic mass is 9.86. The Morgan fingerprint density at radius 1 is 1.53 bits per heavy atom. The van der Waals surface area contributed by atoms with Crippen molar-refractivity contribution in [1.82, 2.24) is 9.88 Å². The summed E-state index contributed by atoms with van der Waals surface area (Å²) < 4.78 is 0. The van der Waals surface area contributed by atoms with Gasteiger partial charge in [-0.15, -0.1) is 0 Å². The SMILES string of the molecule is CC(=O)N1CCC(C(N)c2cccnc2)CC1. The highest BCUT2D eigenvalue weighted by Gasteiger charge is 2.26. The van der Waals surface area contributed by atoms with Gasteiger partial charge in [-0.1, -0.05) is 6.07 Å². The van der Waals surface area contributed by atoms with Gasteiger partial charge in [-0.05, 0) is 30.4 Å². The van der Waals surface area contributed by atoms with Gasteiger partial charge in [0.1, 0.15) is 0 Å². The van der Waals surface area contributed by atoms with Crippen LogP contribution in [0.15, 0.2) is 24.5 Å². The maximum Gasteiger partial charge on any atom is 0.219 e. The van der Waals surface area contributed by atoms with E-state index in [4.69, 9.17) is 5.73 Å². The molecule has 1 aromatic heterocycles. The molecule has 0 radical (unpaired) electrons. The van der Waals surface area contributed by atoms with Crippen molar-refractivity contribution in [2.24, 2.45) is 11.7 Å². The monoisotopic (exact) mass is 233 g/mol. The molecule has 1 aliphatic rings. The predicted molar refractivity (Wildman–Crippen MR) is 66.1 cm³/mol. The lowest BCUT2D eigenvalue weighted by Crippen LogP contribution is -2.39. The fourth-order valence-corrected chi connectivity index (χ4v) is 2.42. The summed E-state index contributed by atoms with van der Waals surface area (Å²) in [4.78, 5) is 17.2. The van der Waals surface area contributed by atoms with E-state index in [0.717, 1.165) is 31.5 Å². The molecule has 1 fully saturated rings. The third-order valence-corrected chi connectivity index (χ3v) is 3.56. The Bertz CT molecular complexity index is 372. The van der Waals surface area contributed by atoms with Gasteiger partial charge in [-0.2, -0.15) is 0 Å². The number of carbonyl (C=O) groups is 1. The zero-order valence-electron chi connectivity index (χ0n) is 10.2. The van der Waals surface area contributed by atoms with Gasteiger partial charge >= 0.3 is 0 Å². The van der Waals surface area contributed by atoms with Crippen molar-refractivity contribution in [3.05, 3.63) is 30.1 Å². The second-order valence-electron chi connectivity index (χ2n) is 4.66. The zero-order chi connectivity index (χ0) is 12.3. The first-order chi connectivity index (χ1) is 8.18. The first kappa shape index (κ1) is 12.0. The Morgan fingerprint density at radius 3 is 2.76 bits per heavy atom. The van der Waals surface area contributed by atoms with Gasteiger partial charge in [-0.25, -0.2) is 0 Å². The van der Waals surface area contributed by atoms with Gasteiger partial charge in [-0.3, -0.25) is 9.78 Å². The number of amides is 1. The molecule has 0 aliphatic carbocycles. The van der Waals surface area contributed by atoms with Gasteiger partial charge in [0.05, 0.1) is 0 Å². The van der Waals surface area contributed by atoms with Gasteiger partial charge < -0.3 is 10.6 Å². The second-order valence-corrected chi connectivity index (χ2v) is 4.66. The van der Waals surface area contributed by atoms with Crippen molar-refractivity contribution in [1.29, 1.82) is 0 Å². The van der Waals surface area contributed by atoms with E-state index in [-0.39, 0.29) is 11.9 Å². The molecule has 1 atom stereocenters. The standard InChI is InChI=1S/C13H19N3O/c1-10(17)16-7-4-11(5-8-16)13(14)12-3-2-6-15-9-12/h2-3,6,9,11,13H,4-5,7-8,14H2,1H3. The molecule has 2 heterocycles. The first-order valence-corrected chi connectivity index (χ1v) is 6.09. The molecule has 1 aromatic rings. The van der Waals surface area contributed by atoms with Crippen molar-refractivity contribution >= 4 is 5.91 Å². The van der Waals surface area contributed by atoms with E-state index in [9.17, 15) is 4.79 Å². The Kier molecular flexibility index (Phi) is 3.74. The fourth-order valence-electron chi connectivity index (χ4n) is 2.42. The smallest absolute Gasteiger partial charge is 0.219 e. The number of pyridine rings is 1. The molecule has 4 nitrogen and oxygen atoms in total. The molecular weight excluding hydrogens is 214 g/mol. The maximum absolute atomic E-state index is 11.2. The number of rotatable bonds is 2. The zero-order valence-corrected chi connectivity index (χ0v) is 10.2. The molecule has 2 rings (SSSR count). The normalized spacial score (nSPS) is 19.1. The number of likely N-dealkylation sites (tertiary alicyclic amines) is 1. The van der Waals surface area contributed by atoms with Crippen molar-refractivity contribution < 1.29 is 4.79 Å². The molecule has 2 N–H and O–H groups in total. The molecule has 0 spiro atoms.